The number of hydrogen-bond acceptors (Lipinski definition) is 3. The van der Waals surface area contributed by atoms with E-state index in [4.69, 9.17) is 11.6 Å². The molecule has 0 saturated carbocycles. The van der Waals surface area contributed by atoms with Crippen LogP contribution in [0.2, 0.25) is 5.02 Å². The summed E-state index contributed by atoms with van der Waals surface area (Å²) in [5.74, 6) is 0. The minimum absolute atomic E-state index is 0.753. The van der Waals surface area contributed by atoms with Gasteiger partial charge >= 0.3 is 0 Å². The Morgan fingerprint density at radius 3 is 2.63 bits per heavy atom. The molecule has 2 rings (SSSR count). The van der Waals surface area contributed by atoms with Crippen LogP contribution in [0.15, 0.2) is 6.07 Å². The van der Waals surface area contributed by atoms with Crippen molar-refractivity contribution in [3.05, 3.63) is 37.8 Å². The zero-order chi connectivity index (χ0) is 14.0. The molecule has 5 heteroatoms. The number of nitrogens with one attached hydrogen (secondary N) is 1. The number of halogens is 1. The standard InChI is InChI=1S/C14H20ClN3S/c1-5-18-13(14(15)10(3)17-18)8-16-7-12-6-9(2)11(4)19-12/h6,16H,5,7-8H2,1-4H3. The van der Waals surface area contributed by atoms with Crippen molar-refractivity contribution in [3.8, 4) is 0 Å². The molecule has 0 amide bonds. The second-order valence-corrected chi connectivity index (χ2v) is 6.44. The maximum Gasteiger partial charge on any atom is 0.0860 e. The molecule has 2 aromatic rings. The summed E-state index contributed by atoms with van der Waals surface area (Å²) in [7, 11) is 0. The van der Waals surface area contributed by atoms with Crippen LogP contribution in [0.5, 0.6) is 0 Å². The molecule has 0 atom stereocenters. The van der Waals surface area contributed by atoms with Crippen LogP contribution in [0, 0.1) is 20.8 Å². The molecule has 0 radical (unpaired) electrons. The SMILES string of the molecule is CCn1nc(C)c(Cl)c1CNCc1cc(C)c(C)s1. The Hall–Kier alpha value is -0.840. The lowest BCUT2D eigenvalue weighted by atomic mass is 10.3. The molecule has 0 aliphatic rings. The van der Waals surface area contributed by atoms with Gasteiger partial charge in [0.15, 0.2) is 0 Å². The summed E-state index contributed by atoms with van der Waals surface area (Å²) in [4.78, 5) is 2.76. The number of aryl methyl sites for hydroxylation is 4. The van der Waals surface area contributed by atoms with Crippen LogP contribution in [0.1, 0.15) is 33.6 Å². The van der Waals surface area contributed by atoms with Gasteiger partial charge in [-0.2, -0.15) is 5.10 Å². The average molecular weight is 298 g/mol. The Kier molecular flexibility index (Phi) is 4.66. The molecule has 0 spiro atoms. The van der Waals surface area contributed by atoms with Crippen LogP contribution in [-0.2, 0) is 19.6 Å². The first-order valence-electron chi connectivity index (χ1n) is 6.51. The Balaban J connectivity index is 1.99. The van der Waals surface area contributed by atoms with Crippen molar-refractivity contribution in [2.24, 2.45) is 0 Å². The van der Waals surface area contributed by atoms with E-state index in [0.29, 0.717) is 0 Å². The third-order valence-electron chi connectivity index (χ3n) is 3.26. The smallest absolute Gasteiger partial charge is 0.0860 e. The summed E-state index contributed by atoms with van der Waals surface area (Å²) in [5, 5.41) is 8.66. The first kappa shape index (κ1) is 14.6. The number of aromatic nitrogens is 2. The normalized spacial score (nSPS) is 11.2. The van der Waals surface area contributed by atoms with Gasteiger partial charge in [-0.3, -0.25) is 4.68 Å². The van der Waals surface area contributed by atoms with Gasteiger partial charge in [0.2, 0.25) is 0 Å². The minimum atomic E-state index is 0.753. The highest BCUT2D eigenvalue weighted by molar-refractivity contribution is 7.12. The molecule has 2 heterocycles. The summed E-state index contributed by atoms with van der Waals surface area (Å²) in [6.45, 7) is 10.8. The molecule has 0 bridgehead atoms. The van der Waals surface area contributed by atoms with E-state index in [1.54, 1.807) is 0 Å². The molecule has 0 aliphatic carbocycles. The number of hydrogen-bond donors (Lipinski definition) is 1. The molecule has 0 saturated heterocycles. The monoisotopic (exact) mass is 297 g/mol. The summed E-state index contributed by atoms with van der Waals surface area (Å²) in [6.07, 6.45) is 0. The third-order valence-corrected chi connectivity index (χ3v) is 4.91. The second kappa shape index (κ2) is 6.07. The summed E-state index contributed by atoms with van der Waals surface area (Å²) < 4.78 is 1.97. The van der Waals surface area contributed by atoms with E-state index in [9.17, 15) is 0 Å². The molecule has 1 N–H and O–H groups in total. The van der Waals surface area contributed by atoms with Crippen LogP contribution < -0.4 is 5.32 Å². The van der Waals surface area contributed by atoms with Crippen LogP contribution in [0.3, 0.4) is 0 Å². The Morgan fingerprint density at radius 1 is 1.32 bits per heavy atom. The van der Waals surface area contributed by atoms with E-state index in [0.717, 1.165) is 36.0 Å². The van der Waals surface area contributed by atoms with E-state index in [-0.39, 0.29) is 0 Å². The maximum atomic E-state index is 6.28. The van der Waals surface area contributed by atoms with Crippen molar-refractivity contribution in [2.45, 2.75) is 47.3 Å². The van der Waals surface area contributed by atoms with Gasteiger partial charge in [0.25, 0.3) is 0 Å². The van der Waals surface area contributed by atoms with E-state index in [2.05, 4.69) is 37.3 Å². The molecule has 0 aromatic carbocycles. The fraction of sp³-hybridized carbons (Fsp3) is 0.500. The van der Waals surface area contributed by atoms with Crippen LogP contribution in [0.4, 0.5) is 0 Å². The van der Waals surface area contributed by atoms with Gasteiger partial charge in [-0.15, -0.1) is 11.3 Å². The molecular formula is C14H20ClN3S. The highest BCUT2D eigenvalue weighted by atomic mass is 35.5. The van der Waals surface area contributed by atoms with Gasteiger partial charge in [-0.1, -0.05) is 11.6 Å². The molecule has 0 fully saturated rings. The number of rotatable bonds is 5. The first-order chi connectivity index (χ1) is 9.02. The lowest BCUT2D eigenvalue weighted by molar-refractivity contribution is 0.581. The highest BCUT2D eigenvalue weighted by Crippen LogP contribution is 2.22. The molecule has 104 valence electrons. The minimum Gasteiger partial charge on any atom is -0.306 e. The van der Waals surface area contributed by atoms with Crippen molar-refractivity contribution < 1.29 is 0 Å². The predicted octanol–water partition coefficient (Wildman–Crippen LogP) is 3.83. The molecule has 2 aromatic heterocycles. The third kappa shape index (κ3) is 3.19. The van der Waals surface area contributed by atoms with E-state index < -0.39 is 0 Å². The zero-order valence-electron chi connectivity index (χ0n) is 11.9. The summed E-state index contributed by atoms with van der Waals surface area (Å²) in [6, 6.07) is 2.25. The second-order valence-electron chi connectivity index (χ2n) is 4.72. The van der Waals surface area contributed by atoms with Gasteiger partial charge in [0, 0.05) is 29.4 Å². The number of thiophene rings is 1. The van der Waals surface area contributed by atoms with E-state index in [1.165, 1.54) is 15.3 Å². The molecular weight excluding hydrogens is 278 g/mol. The fourth-order valence-electron chi connectivity index (χ4n) is 2.08. The maximum absolute atomic E-state index is 6.28. The van der Waals surface area contributed by atoms with E-state index in [1.807, 2.05) is 22.9 Å². The molecule has 0 aliphatic heterocycles. The van der Waals surface area contributed by atoms with Crippen LogP contribution in [-0.4, -0.2) is 9.78 Å². The summed E-state index contributed by atoms with van der Waals surface area (Å²) >= 11 is 8.13. The molecule has 19 heavy (non-hydrogen) atoms. The van der Waals surface area contributed by atoms with Gasteiger partial charge in [0.05, 0.1) is 16.4 Å². The largest absolute Gasteiger partial charge is 0.306 e. The Morgan fingerprint density at radius 2 is 2.05 bits per heavy atom. The van der Waals surface area contributed by atoms with Gasteiger partial charge in [-0.05, 0) is 39.3 Å². The lowest BCUT2D eigenvalue weighted by Gasteiger charge is -2.06. The zero-order valence-corrected chi connectivity index (χ0v) is 13.5. The quantitative estimate of drug-likeness (QED) is 0.909. The topological polar surface area (TPSA) is 29.9 Å². The predicted molar refractivity (Wildman–Crippen MR) is 82.0 cm³/mol. The van der Waals surface area contributed by atoms with Crippen molar-refractivity contribution >= 4 is 22.9 Å². The average Bonchev–Trinajstić information content (AvgIpc) is 2.83. The van der Waals surface area contributed by atoms with Gasteiger partial charge in [0.1, 0.15) is 0 Å². The van der Waals surface area contributed by atoms with Crippen molar-refractivity contribution in [3.63, 3.8) is 0 Å². The van der Waals surface area contributed by atoms with Gasteiger partial charge < -0.3 is 5.32 Å². The highest BCUT2D eigenvalue weighted by Gasteiger charge is 2.12. The summed E-state index contributed by atoms with van der Waals surface area (Å²) in [5.41, 5.74) is 3.35. The Bertz CT molecular complexity index is 552. The van der Waals surface area contributed by atoms with E-state index >= 15 is 0 Å². The van der Waals surface area contributed by atoms with Crippen molar-refractivity contribution in [2.75, 3.05) is 0 Å². The molecule has 0 unspecified atom stereocenters. The molecule has 3 nitrogen and oxygen atoms in total. The van der Waals surface area contributed by atoms with Crippen LogP contribution >= 0.6 is 22.9 Å². The number of nitrogens with zero attached hydrogens (tertiary/aromatic N) is 2. The fourth-order valence-corrected chi connectivity index (χ4v) is 3.30. The van der Waals surface area contributed by atoms with Crippen molar-refractivity contribution in [1.82, 2.24) is 15.1 Å². The van der Waals surface area contributed by atoms with Crippen molar-refractivity contribution in [1.29, 1.82) is 0 Å². The Labute approximate surface area is 123 Å². The first-order valence-corrected chi connectivity index (χ1v) is 7.70. The van der Waals surface area contributed by atoms with Crippen LogP contribution in [0.25, 0.3) is 0 Å². The lowest BCUT2D eigenvalue weighted by Crippen LogP contribution is -2.15. The van der Waals surface area contributed by atoms with Gasteiger partial charge in [-0.25, -0.2) is 0 Å².